The maximum absolute atomic E-state index is 9.11. The molecule has 1 atom stereocenters. The van der Waals surface area contributed by atoms with Crippen LogP contribution in [0.4, 0.5) is 0 Å². The summed E-state index contributed by atoms with van der Waals surface area (Å²) in [5.74, 6) is 0. The summed E-state index contributed by atoms with van der Waals surface area (Å²) in [5, 5.41) is 20.7. The normalized spacial score (nSPS) is 12.2. The Bertz CT molecular complexity index is 147. The molecule has 70 valence electrons. The van der Waals surface area contributed by atoms with Crippen LogP contribution >= 0.6 is 0 Å². The van der Waals surface area contributed by atoms with Crippen molar-refractivity contribution in [3.63, 3.8) is 0 Å². The monoisotopic (exact) mass is 175 g/mol. The standard InChI is InChI=1S/C6H13N3O3/c7-9-8-2-1-6(11)5-12-4-3-10/h6,10-11H,1-5H2. The summed E-state index contributed by atoms with van der Waals surface area (Å²) in [4.78, 5) is 2.54. The van der Waals surface area contributed by atoms with Crippen LogP contribution in [-0.2, 0) is 4.74 Å². The molecule has 6 heteroatoms. The number of ether oxygens (including phenoxy) is 1. The molecule has 0 aliphatic heterocycles. The molecule has 12 heavy (non-hydrogen) atoms. The van der Waals surface area contributed by atoms with Crippen molar-refractivity contribution >= 4 is 0 Å². The summed E-state index contributed by atoms with van der Waals surface area (Å²) in [7, 11) is 0. The van der Waals surface area contributed by atoms with Crippen LogP contribution in [0.25, 0.3) is 10.4 Å². The van der Waals surface area contributed by atoms with Gasteiger partial charge in [-0.15, -0.1) is 0 Å². The van der Waals surface area contributed by atoms with Crippen molar-refractivity contribution < 1.29 is 14.9 Å². The molecule has 0 bridgehead atoms. The van der Waals surface area contributed by atoms with Crippen LogP contribution in [0.5, 0.6) is 0 Å². The average molecular weight is 175 g/mol. The summed E-state index contributed by atoms with van der Waals surface area (Å²) in [6, 6.07) is 0. The van der Waals surface area contributed by atoms with E-state index in [1.54, 1.807) is 0 Å². The lowest BCUT2D eigenvalue weighted by Gasteiger charge is -2.08. The van der Waals surface area contributed by atoms with Gasteiger partial charge in [0, 0.05) is 11.5 Å². The minimum absolute atomic E-state index is 0.0525. The third kappa shape index (κ3) is 7.30. The molecule has 0 radical (unpaired) electrons. The molecule has 0 aromatic carbocycles. The van der Waals surface area contributed by atoms with Gasteiger partial charge in [0.2, 0.25) is 0 Å². The predicted octanol–water partition coefficient (Wildman–Crippen LogP) is 0.0566. The zero-order valence-electron chi connectivity index (χ0n) is 6.76. The Morgan fingerprint density at radius 2 is 2.33 bits per heavy atom. The topological polar surface area (TPSA) is 98.5 Å². The van der Waals surface area contributed by atoms with E-state index in [0.29, 0.717) is 6.42 Å². The molecule has 0 aliphatic carbocycles. The van der Waals surface area contributed by atoms with Gasteiger partial charge in [-0.2, -0.15) is 0 Å². The number of nitrogens with zero attached hydrogens (tertiary/aromatic N) is 3. The Morgan fingerprint density at radius 1 is 1.58 bits per heavy atom. The molecule has 0 fully saturated rings. The Balaban J connectivity index is 3.20. The number of aliphatic hydroxyl groups is 2. The van der Waals surface area contributed by atoms with Gasteiger partial charge in [-0.05, 0) is 12.0 Å². The fraction of sp³-hybridized carbons (Fsp3) is 1.00. The first-order valence-electron chi connectivity index (χ1n) is 3.68. The molecule has 1 unspecified atom stereocenters. The van der Waals surface area contributed by atoms with Crippen molar-refractivity contribution in [3.05, 3.63) is 10.4 Å². The lowest BCUT2D eigenvalue weighted by atomic mass is 10.3. The summed E-state index contributed by atoms with van der Waals surface area (Å²) in [5.41, 5.74) is 7.91. The lowest BCUT2D eigenvalue weighted by Crippen LogP contribution is -2.17. The fourth-order valence-corrected chi connectivity index (χ4v) is 0.619. The van der Waals surface area contributed by atoms with E-state index in [9.17, 15) is 0 Å². The summed E-state index contributed by atoms with van der Waals surface area (Å²) >= 11 is 0. The third-order valence-electron chi connectivity index (χ3n) is 1.17. The maximum Gasteiger partial charge on any atom is 0.0775 e. The van der Waals surface area contributed by atoms with E-state index in [-0.39, 0.29) is 26.4 Å². The van der Waals surface area contributed by atoms with Crippen LogP contribution in [0.1, 0.15) is 6.42 Å². The molecule has 0 aromatic heterocycles. The Labute approximate surface area is 70.4 Å². The van der Waals surface area contributed by atoms with Crippen LogP contribution in [0.2, 0.25) is 0 Å². The minimum atomic E-state index is -0.623. The van der Waals surface area contributed by atoms with E-state index < -0.39 is 6.10 Å². The summed E-state index contributed by atoms with van der Waals surface area (Å²) in [6.45, 7) is 0.601. The summed E-state index contributed by atoms with van der Waals surface area (Å²) in [6.07, 6.45) is -0.239. The van der Waals surface area contributed by atoms with Crippen LogP contribution in [0, 0.1) is 0 Å². The van der Waals surface area contributed by atoms with E-state index in [1.165, 1.54) is 0 Å². The number of hydrogen-bond acceptors (Lipinski definition) is 4. The molecule has 0 spiro atoms. The second-order valence-corrected chi connectivity index (χ2v) is 2.20. The van der Waals surface area contributed by atoms with E-state index >= 15 is 0 Å². The molecule has 0 amide bonds. The Hall–Kier alpha value is -0.810. The number of rotatable bonds is 7. The average Bonchev–Trinajstić information content (AvgIpc) is 2.06. The second-order valence-electron chi connectivity index (χ2n) is 2.20. The number of azide groups is 1. The highest BCUT2D eigenvalue weighted by molar-refractivity contribution is 4.56. The van der Waals surface area contributed by atoms with Gasteiger partial charge in [0.15, 0.2) is 0 Å². The van der Waals surface area contributed by atoms with Crippen LogP contribution in [0.15, 0.2) is 5.11 Å². The molecule has 0 aromatic rings. The Morgan fingerprint density at radius 3 is 2.92 bits per heavy atom. The zero-order chi connectivity index (χ0) is 9.23. The first kappa shape index (κ1) is 11.2. The number of hydrogen-bond donors (Lipinski definition) is 2. The van der Waals surface area contributed by atoms with Gasteiger partial charge < -0.3 is 14.9 Å². The third-order valence-corrected chi connectivity index (χ3v) is 1.17. The van der Waals surface area contributed by atoms with E-state index in [1.807, 2.05) is 0 Å². The molecule has 2 N–H and O–H groups in total. The Kier molecular flexibility index (Phi) is 7.73. The zero-order valence-corrected chi connectivity index (χ0v) is 6.76. The predicted molar refractivity (Wildman–Crippen MR) is 42.5 cm³/mol. The van der Waals surface area contributed by atoms with Crippen molar-refractivity contribution in [2.45, 2.75) is 12.5 Å². The van der Waals surface area contributed by atoms with E-state index in [0.717, 1.165) is 0 Å². The van der Waals surface area contributed by atoms with Crippen molar-refractivity contribution in [3.8, 4) is 0 Å². The van der Waals surface area contributed by atoms with Crippen molar-refractivity contribution in [1.29, 1.82) is 0 Å². The molecule has 0 rings (SSSR count). The van der Waals surface area contributed by atoms with Crippen molar-refractivity contribution in [2.75, 3.05) is 26.4 Å². The van der Waals surface area contributed by atoms with Gasteiger partial charge >= 0.3 is 0 Å². The van der Waals surface area contributed by atoms with Gasteiger partial charge in [-0.1, -0.05) is 5.11 Å². The highest BCUT2D eigenvalue weighted by atomic mass is 16.5. The highest BCUT2D eigenvalue weighted by Crippen LogP contribution is 1.93. The minimum Gasteiger partial charge on any atom is -0.394 e. The first-order valence-corrected chi connectivity index (χ1v) is 3.68. The van der Waals surface area contributed by atoms with Crippen molar-refractivity contribution in [1.82, 2.24) is 0 Å². The number of aliphatic hydroxyl groups excluding tert-OH is 2. The molecular formula is C6H13N3O3. The van der Waals surface area contributed by atoms with Gasteiger partial charge in [-0.3, -0.25) is 0 Å². The quantitative estimate of drug-likeness (QED) is 0.247. The van der Waals surface area contributed by atoms with Gasteiger partial charge in [0.25, 0.3) is 0 Å². The molecule has 0 heterocycles. The SMILES string of the molecule is [N-]=[N+]=NCCC(O)COCCO. The van der Waals surface area contributed by atoms with Gasteiger partial charge in [0.05, 0.1) is 25.9 Å². The molecule has 0 saturated heterocycles. The van der Waals surface area contributed by atoms with Gasteiger partial charge in [0.1, 0.15) is 0 Å². The lowest BCUT2D eigenvalue weighted by molar-refractivity contribution is 0.0191. The van der Waals surface area contributed by atoms with Crippen LogP contribution in [0.3, 0.4) is 0 Å². The molecule has 0 aliphatic rings. The largest absolute Gasteiger partial charge is 0.394 e. The van der Waals surface area contributed by atoms with E-state index in [4.69, 9.17) is 20.5 Å². The highest BCUT2D eigenvalue weighted by Gasteiger charge is 2.01. The van der Waals surface area contributed by atoms with Crippen LogP contribution < -0.4 is 0 Å². The van der Waals surface area contributed by atoms with Crippen molar-refractivity contribution in [2.24, 2.45) is 5.11 Å². The fourth-order valence-electron chi connectivity index (χ4n) is 0.619. The molecule has 6 nitrogen and oxygen atoms in total. The van der Waals surface area contributed by atoms with E-state index in [2.05, 4.69) is 10.0 Å². The second kappa shape index (κ2) is 8.29. The first-order chi connectivity index (χ1) is 5.81. The molecular weight excluding hydrogens is 162 g/mol. The smallest absolute Gasteiger partial charge is 0.0775 e. The van der Waals surface area contributed by atoms with Gasteiger partial charge in [-0.25, -0.2) is 0 Å². The maximum atomic E-state index is 9.11. The molecule has 0 saturated carbocycles. The summed E-state index contributed by atoms with van der Waals surface area (Å²) < 4.78 is 4.84. The van der Waals surface area contributed by atoms with Crippen LogP contribution in [-0.4, -0.2) is 42.7 Å².